The van der Waals surface area contributed by atoms with E-state index in [4.69, 9.17) is 4.74 Å². The molecule has 0 bridgehead atoms. The van der Waals surface area contributed by atoms with Gasteiger partial charge in [-0.3, -0.25) is 9.10 Å². The van der Waals surface area contributed by atoms with E-state index in [2.05, 4.69) is 10.3 Å². The number of amides is 1. The van der Waals surface area contributed by atoms with Gasteiger partial charge in [0.2, 0.25) is 11.8 Å². The third kappa shape index (κ3) is 5.33. The normalized spacial score (nSPS) is 12.2. The second-order valence-electron chi connectivity index (χ2n) is 8.28. The van der Waals surface area contributed by atoms with E-state index in [1.165, 1.54) is 17.6 Å². The third-order valence-electron chi connectivity index (χ3n) is 6.08. The van der Waals surface area contributed by atoms with Crippen LogP contribution in [0.4, 0.5) is 5.69 Å². The van der Waals surface area contributed by atoms with Crippen molar-refractivity contribution in [3.05, 3.63) is 96.7 Å². The Morgan fingerprint density at radius 3 is 2.39 bits per heavy atom. The van der Waals surface area contributed by atoms with Crippen molar-refractivity contribution in [2.45, 2.75) is 24.2 Å². The Bertz CT molecular complexity index is 1420. The number of hydrogen-bond donors (Lipinski definition) is 1. The van der Waals surface area contributed by atoms with Gasteiger partial charge in [0.05, 0.1) is 36.4 Å². The molecular formula is C28H29N3O4S. The lowest BCUT2D eigenvalue weighted by atomic mass is 9.96. The van der Waals surface area contributed by atoms with Gasteiger partial charge in [-0.25, -0.2) is 13.4 Å². The Morgan fingerprint density at radius 1 is 0.972 bits per heavy atom. The largest absolute Gasteiger partial charge is 0.481 e. The number of aromatic nitrogens is 1. The number of anilines is 1. The summed E-state index contributed by atoms with van der Waals surface area (Å²) < 4.78 is 34.3. The lowest BCUT2D eigenvalue weighted by Crippen LogP contribution is -2.40. The summed E-state index contributed by atoms with van der Waals surface area (Å²) in [5.41, 5.74) is 1.31. The fourth-order valence-electron chi connectivity index (χ4n) is 4.23. The molecule has 0 aliphatic carbocycles. The van der Waals surface area contributed by atoms with Crippen LogP contribution in [0.1, 0.15) is 24.8 Å². The van der Waals surface area contributed by atoms with E-state index in [0.29, 0.717) is 23.4 Å². The molecule has 1 atom stereocenters. The summed E-state index contributed by atoms with van der Waals surface area (Å²) in [6.45, 7) is 2.13. The van der Waals surface area contributed by atoms with Crippen LogP contribution in [0.2, 0.25) is 0 Å². The first kappa shape index (κ1) is 25.2. The molecule has 1 heterocycles. The molecule has 0 aliphatic rings. The number of benzene rings is 3. The smallest absolute Gasteiger partial charge is 0.265 e. The van der Waals surface area contributed by atoms with Crippen LogP contribution in [-0.4, -0.2) is 39.5 Å². The average Bonchev–Trinajstić information content (AvgIpc) is 2.92. The van der Waals surface area contributed by atoms with E-state index in [1.54, 1.807) is 30.3 Å². The number of carbonyl (C=O) groups is 1. The second-order valence-corrected chi connectivity index (χ2v) is 10.1. The number of fused-ring (bicyclic) bond motifs is 1. The number of methoxy groups -OCH3 is 1. The molecule has 1 unspecified atom stereocenters. The molecular weight excluding hydrogens is 474 g/mol. The molecule has 0 fully saturated rings. The molecule has 0 radical (unpaired) electrons. The van der Waals surface area contributed by atoms with Crippen molar-refractivity contribution in [3.8, 4) is 5.88 Å². The minimum atomic E-state index is -3.97. The number of carbonyl (C=O) groups excluding carboxylic acids is 1. The van der Waals surface area contributed by atoms with Crippen LogP contribution in [0.5, 0.6) is 5.88 Å². The maximum atomic E-state index is 13.9. The topological polar surface area (TPSA) is 88.6 Å². The van der Waals surface area contributed by atoms with E-state index in [-0.39, 0.29) is 29.8 Å². The minimum Gasteiger partial charge on any atom is -0.481 e. The van der Waals surface area contributed by atoms with Crippen LogP contribution < -0.4 is 14.4 Å². The SMILES string of the molecule is CCC(C(=O)NCCN(c1ccc(OC)nc1)S(=O)(=O)c1cccc2ccccc12)c1ccccc1. The molecule has 3 aromatic carbocycles. The van der Waals surface area contributed by atoms with Gasteiger partial charge in [-0.15, -0.1) is 0 Å². The molecule has 0 saturated heterocycles. The number of ether oxygens (including phenoxy) is 1. The average molecular weight is 504 g/mol. The standard InChI is InChI=1S/C28H29N3O4S/c1-3-24(21-10-5-4-6-11-21)28(32)29-18-19-31(23-16-17-27(35-2)30-20-23)36(33,34)26-15-9-13-22-12-7-8-14-25(22)26/h4-17,20,24H,3,18-19H2,1-2H3,(H,29,32). The molecule has 1 amide bonds. The number of sulfonamides is 1. The lowest BCUT2D eigenvalue weighted by molar-refractivity contribution is -0.122. The van der Waals surface area contributed by atoms with Gasteiger partial charge in [-0.1, -0.05) is 73.7 Å². The Labute approximate surface area is 211 Å². The first-order valence-corrected chi connectivity index (χ1v) is 13.2. The molecule has 1 aromatic heterocycles. The number of pyridine rings is 1. The minimum absolute atomic E-state index is 0.0382. The van der Waals surface area contributed by atoms with Crippen molar-refractivity contribution < 1.29 is 17.9 Å². The van der Waals surface area contributed by atoms with Crippen LogP contribution in [-0.2, 0) is 14.8 Å². The first-order chi connectivity index (χ1) is 17.5. The molecule has 1 N–H and O–H groups in total. The molecule has 4 rings (SSSR count). The molecule has 8 heteroatoms. The number of nitrogens with one attached hydrogen (secondary N) is 1. The first-order valence-electron chi connectivity index (χ1n) is 11.8. The number of hydrogen-bond acceptors (Lipinski definition) is 5. The second kappa shape index (κ2) is 11.2. The van der Waals surface area contributed by atoms with Crippen LogP contribution in [0, 0.1) is 0 Å². The monoisotopic (exact) mass is 503 g/mol. The van der Waals surface area contributed by atoms with Gasteiger partial charge in [-0.05, 0) is 29.5 Å². The van der Waals surface area contributed by atoms with Crippen molar-refractivity contribution in [2.75, 3.05) is 24.5 Å². The fourth-order valence-corrected chi connectivity index (χ4v) is 5.90. The molecule has 0 saturated carbocycles. The van der Waals surface area contributed by atoms with E-state index in [1.807, 2.05) is 61.5 Å². The predicted octanol–water partition coefficient (Wildman–Crippen LogP) is 4.75. The fraction of sp³-hybridized carbons (Fsp3) is 0.214. The maximum Gasteiger partial charge on any atom is 0.265 e. The number of rotatable bonds is 10. The quantitative estimate of drug-likeness (QED) is 0.337. The summed E-state index contributed by atoms with van der Waals surface area (Å²) in [6, 6.07) is 25.4. The molecule has 0 spiro atoms. The summed E-state index contributed by atoms with van der Waals surface area (Å²) in [5, 5.41) is 4.38. The predicted molar refractivity (Wildman–Crippen MR) is 142 cm³/mol. The van der Waals surface area contributed by atoms with E-state index in [9.17, 15) is 13.2 Å². The lowest BCUT2D eigenvalue weighted by Gasteiger charge is -2.25. The number of nitrogens with zero attached hydrogens (tertiary/aromatic N) is 2. The van der Waals surface area contributed by atoms with Gasteiger partial charge in [0.15, 0.2) is 0 Å². The Balaban J connectivity index is 1.62. The van der Waals surface area contributed by atoms with Crippen LogP contribution in [0.25, 0.3) is 10.8 Å². The van der Waals surface area contributed by atoms with Crippen LogP contribution >= 0.6 is 0 Å². The zero-order valence-electron chi connectivity index (χ0n) is 20.3. The Hall–Kier alpha value is -3.91. The van der Waals surface area contributed by atoms with Crippen LogP contribution in [0.15, 0.2) is 96.0 Å². The Kier molecular flexibility index (Phi) is 7.85. The van der Waals surface area contributed by atoms with E-state index < -0.39 is 10.0 Å². The highest BCUT2D eigenvalue weighted by Crippen LogP contribution is 2.29. The molecule has 36 heavy (non-hydrogen) atoms. The Morgan fingerprint density at radius 2 is 1.69 bits per heavy atom. The van der Waals surface area contributed by atoms with Gasteiger partial charge < -0.3 is 10.1 Å². The molecule has 0 aliphatic heterocycles. The van der Waals surface area contributed by atoms with Crippen molar-refractivity contribution >= 4 is 32.4 Å². The van der Waals surface area contributed by atoms with Crippen molar-refractivity contribution in [1.82, 2.24) is 10.3 Å². The summed E-state index contributed by atoms with van der Waals surface area (Å²) in [4.78, 5) is 17.4. The van der Waals surface area contributed by atoms with Gasteiger partial charge in [0, 0.05) is 18.0 Å². The van der Waals surface area contributed by atoms with Gasteiger partial charge in [-0.2, -0.15) is 0 Å². The summed E-state index contributed by atoms with van der Waals surface area (Å²) in [6.07, 6.45) is 2.10. The third-order valence-corrected chi connectivity index (χ3v) is 7.96. The van der Waals surface area contributed by atoms with Gasteiger partial charge in [0.1, 0.15) is 0 Å². The van der Waals surface area contributed by atoms with Gasteiger partial charge >= 0.3 is 0 Å². The van der Waals surface area contributed by atoms with Crippen molar-refractivity contribution in [2.24, 2.45) is 0 Å². The summed E-state index contributed by atoms with van der Waals surface area (Å²) in [7, 11) is -2.48. The van der Waals surface area contributed by atoms with Gasteiger partial charge in [0.25, 0.3) is 10.0 Å². The zero-order chi connectivity index (χ0) is 25.5. The molecule has 186 valence electrons. The summed E-state index contributed by atoms with van der Waals surface area (Å²) in [5.74, 6) is -0.0701. The highest BCUT2D eigenvalue weighted by molar-refractivity contribution is 7.93. The maximum absolute atomic E-state index is 13.9. The van der Waals surface area contributed by atoms with E-state index in [0.717, 1.165) is 10.9 Å². The van der Waals surface area contributed by atoms with Crippen molar-refractivity contribution in [3.63, 3.8) is 0 Å². The van der Waals surface area contributed by atoms with E-state index >= 15 is 0 Å². The van der Waals surface area contributed by atoms with Crippen molar-refractivity contribution in [1.29, 1.82) is 0 Å². The zero-order valence-corrected chi connectivity index (χ0v) is 21.1. The highest BCUT2D eigenvalue weighted by Gasteiger charge is 2.27. The van der Waals surface area contributed by atoms with Crippen LogP contribution in [0.3, 0.4) is 0 Å². The highest BCUT2D eigenvalue weighted by atomic mass is 32.2. The molecule has 7 nitrogen and oxygen atoms in total. The molecule has 4 aromatic rings. The summed E-state index contributed by atoms with van der Waals surface area (Å²) >= 11 is 0.